The maximum Gasteiger partial charge on any atom is 0.248 e. The van der Waals surface area contributed by atoms with Crippen LogP contribution in [0.5, 0.6) is 0 Å². The smallest absolute Gasteiger partial charge is 0.248 e. The molecule has 0 aromatic heterocycles. The molecule has 0 aliphatic carbocycles. The summed E-state index contributed by atoms with van der Waals surface area (Å²) in [5.41, 5.74) is 1.62. The average Bonchev–Trinajstić information content (AvgIpc) is 2.92. The molecule has 2 amide bonds. The van der Waals surface area contributed by atoms with E-state index in [-0.39, 0.29) is 12.8 Å². The van der Waals surface area contributed by atoms with Gasteiger partial charge in [0.2, 0.25) is 21.8 Å². The topological polar surface area (TPSA) is 86.8 Å². The van der Waals surface area contributed by atoms with Crippen molar-refractivity contribution in [1.82, 2.24) is 4.31 Å². The van der Waals surface area contributed by atoms with Crippen molar-refractivity contribution in [2.24, 2.45) is 0 Å². The molecule has 132 valence electrons. The van der Waals surface area contributed by atoms with Crippen molar-refractivity contribution in [3.05, 3.63) is 24.3 Å². The highest BCUT2D eigenvalue weighted by Gasteiger charge is 2.41. The summed E-state index contributed by atoms with van der Waals surface area (Å²) in [6.45, 7) is 5.90. The first-order chi connectivity index (χ1) is 11.3. The van der Waals surface area contributed by atoms with Crippen LogP contribution < -0.4 is 10.2 Å². The van der Waals surface area contributed by atoms with E-state index in [1.807, 2.05) is 12.1 Å². The molecule has 1 saturated heterocycles. The van der Waals surface area contributed by atoms with Gasteiger partial charge in [-0.2, -0.15) is 0 Å². The molecular formula is C16H23N3O4S. The van der Waals surface area contributed by atoms with Gasteiger partial charge < -0.3 is 10.2 Å². The molecule has 1 atom stereocenters. The molecule has 1 heterocycles. The van der Waals surface area contributed by atoms with E-state index in [1.165, 1.54) is 0 Å². The zero-order valence-corrected chi connectivity index (χ0v) is 15.0. The second-order valence-electron chi connectivity index (χ2n) is 5.72. The molecule has 7 nitrogen and oxygen atoms in total. The molecule has 1 fully saturated rings. The van der Waals surface area contributed by atoms with Crippen molar-refractivity contribution in [2.45, 2.75) is 32.7 Å². The third-order valence-corrected chi connectivity index (χ3v) is 5.26. The van der Waals surface area contributed by atoms with Crippen LogP contribution in [-0.2, 0) is 19.6 Å². The number of anilines is 2. The first-order valence-corrected chi connectivity index (χ1v) is 9.80. The van der Waals surface area contributed by atoms with Crippen LogP contribution in [0.1, 0.15) is 26.7 Å². The Bertz CT molecular complexity index is 711. The minimum Gasteiger partial charge on any atom is -0.372 e. The lowest BCUT2D eigenvalue weighted by atomic mass is 10.2. The number of hydrogen-bond acceptors (Lipinski definition) is 5. The van der Waals surface area contributed by atoms with Gasteiger partial charge in [-0.05, 0) is 44.5 Å². The van der Waals surface area contributed by atoms with Crippen LogP contribution >= 0.6 is 0 Å². The van der Waals surface area contributed by atoms with Crippen LogP contribution in [0.2, 0.25) is 0 Å². The van der Waals surface area contributed by atoms with Crippen molar-refractivity contribution < 1.29 is 18.0 Å². The highest BCUT2D eigenvalue weighted by molar-refractivity contribution is 7.89. The molecule has 1 aromatic rings. The standard InChI is InChI=1S/C16H23N3O4S/c1-4-18(5-2)13-8-6-12(7-9-13)17-16(21)14-10-11-15(20)19(14)24(3,22)23/h6-9,14H,4-5,10-11H2,1-3H3,(H,17,21). The van der Waals surface area contributed by atoms with Crippen molar-refractivity contribution in [3.8, 4) is 0 Å². The predicted octanol–water partition coefficient (Wildman–Crippen LogP) is 1.42. The van der Waals surface area contributed by atoms with E-state index in [4.69, 9.17) is 0 Å². The number of nitrogens with zero attached hydrogens (tertiary/aromatic N) is 2. The number of benzene rings is 1. The van der Waals surface area contributed by atoms with Gasteiger partial charge in [0, 0.05) is 30.9 Å². The Labute approximate surface area is 142 Å². The minimum absolute atomic E-state index is 0.0616. The van der Waals surface area contributed by atoms with E-state index in [0.717, 1.165) is 25.0 Å². The van der Waals surface area contributed by atoms with Crippen molar-refractivity contribution >= 4 is 33.2 Å². The Kier molecular flexibility index (Phi) is 5.48. The van der Waals surface area contributed by atoms with Gasteiger partial charge in [-0.1, -0.05) is 0 Å². The molecule has 8 heteroatoms. The van der Waals surface area contributed by atoms with E-state index in [9.17, 15) is 18.0 Å². The van der Waals surface area contributed by atoms with Crippen LogP contribution in [0.4, 0.5) is 11.4 Å². The van der Waals surface area contributed by atoms with E-state index in [2.05, 4.69) is 24.1 Å². The van der Waals surface area contributed by atoms with Gasteiger partial charge in [0.05, 0.1) is 6.26 Å². The van der Waals surface area contributed by atoms with Gasteiger partial charge in [-0.3, -0.25) is 9.59 Å². The molecule has 0 saturated carbocycles. The summed E-state index contributed by atoms with van der Waals surface area (Å²) in [6.07, 6.45) is 1.21. The van der Waals surface area contributed by atoms with E-state index < -0.39 is 27.9 Å². The molecule has 2 rings (SSSR count). The fraction of sp³-hybridized carbons (Fsp3) is 0.500. The normalized spacial score (nSPS) is 17.9. The second kappa shape index (κ2) is 7.21. The Morgan fingerprint density at radius 3 is 2.33 bits per heavy atom. The summed E-state index contributed by atoms with van der Waals surface area (Å²) in [4.78, 5) is 26.3. The number of hydrogen-bond donors (Lipinski definition) is 1. The van der Waals surface area contributed by atoms with Crippen molar-refractivity contribution in [1.29, 1.82) is 0 Å². The maximum atomic E-state index is 12.4. The first kappa shape index (κ1) is 18.3. The Morgan fingerprint density at radius 1 is 1.25 bits per heavy atom. The van der Waals surface area contributed by atoms with Crippen LogP contribution in [0.15, 0.2) is 24.3 Å². The molecule has 24 heavy (non-hydrogen) atoms. The Hall–Kier alpha value is -2.09. The number of nitrogens with one attached hydrogen (secondary N) is 1. The quantitative estimate of drug-likeness (QED) is 0.836. The SMILES string of the molecule is CCN(CC)c1ccc(NC(=O)C2CCC(=O)N2S(C)(=O)=O)cc1. The van der Waals surface area contributed by atoms with Gasteiger partial charge >= 0.3 is 0 Å². The summed E-state index contributed by atoms with van der Waals surface area (Å²) in [6, 6.07) is 6.36. The number of rotatable bonds is 6. The molecule has 1 unspecified atom stereocenters. The highest BCUT2D eigenvalue weighted by Crippen LogP contribution is 2.24. The Morgan fingerprint density at radius 2 is 1.83 bits per heavy atom. The van der Waals surface area contributed by atoms with Gasteiger partial charge in [0.1, 0.15) is 6.04 Å². The lowest BCUT2D eigenvalue weighted by molar-refractivity contribution is -0.128. The predicted molar refractivity (Wildman–Crippen MR) is 93.3 cm³/mol. The summed E-state index contributed by atoms with van der Waals surface area (Å²) in [7, 11) is -3.75. The van der Waals surface area contributed by atoms with Gasteiger partial charge in [0.15, 0.2) is 0 Å². The average molecular weight is 353 g/mol. The molecule has 1 N–H and O–H groups in total. The van der Waals surface area contributed by atoms with E-state index in [1.54, 1.807) is 12.1 Å². The fourth-order valence-electron chi connectivity index (χ4n) is 2.89. The largest absolute Gasteiger partial charge is 0.372 e. The molecule has 1 aliphatic heterocycles. The molecule has 1 aliphatic rings. The minimum atomic E-state index is -3.75. The van der Waals surface area contributed by atoms with E-state index in [0.29, 0.717) is 9.99 Å². The first-order valence-electron chi connectivity index (χ1n) is 7.96. The number of amides is 2. The van der Waals surface area contributed by atoms with Crippen LogP contribution in [0.25, 0.3) is 0 Å². The second-order valence-corrected chi connectivity index (χ2v) is 7.57. The van der Waals surface area contributed by atoms with Crippen molar-refractivity contribution in [3.63, 3.8) is 0 Å². The van der Waals surface area contributed by atoms with E-state index >= 15 is 0 Å². The van der Waals surface area contributed by atoms with Gasteiger partial charge in [-0.15, -0.1) is 0 Å². The van der Waals surface area contributed by atoms with Crippen molar-refractivity contribution in [2.75, 3.05) is 29.6 Å². The van der Waals surface area contributed by atoms with Crippen LogP contribution in [0.3, 0.4) is 0 Å². The summed E-state index contributed by atoms with van der Waals surface area (Å²) >= 11 is 0. The monoisotopic (exact) mass is 353 g/mol. The third-order valence-electron chi connectivity index (χ3n) is 4.08. The molecular weight excluding hydrogens is 330 g/mol. The third kappa shape index (κ3) is 3.87. The zero-order valence-electron chi connectivity index (χ0n) is 14.2. The number of carbonyl (C=O) groups is 2. The Balaban J connectivity index is 2.11. The highest BCUT2D eigenvalue weighted by atomic mass is 32.2. The summed E-state index contributed by atoms with van der Waals surface area (Å²) < 4.78 is 24.1. The molecule has 0 radical (unpaired) electrons. The molecule has 0 spiro atoms. The zero-order chi connectivity index (χ0) is 17.9. The van der Waals surface area contributed by atoms with Crippen LogP contribution in [-0.4, -0.2) is 49.9 Å². The lowest BCUT2D eigenvalue weighted by Gasteiger charge is -2.23. The maximum absolute atomic E-state index is 12.4. The molecule has 0 bridgehead atoms. The van der Waals surface area contributed by atoms with Gasteiger partial charge in [-0.25, -0.2) is 12.7 Å². The summed E-state index contributed by atoms with van der Waals surface area (Å²) in [5.74, 6) is -1.02. The number of sulfonamides is 1. The molecule has 1 aromatic carbocycles. The van der Waals surface area contributed by atoms with Gasteiger partial charge in [0.25, 0.3) is 0 Å². The fourth-order valence-corrected chi connectivity index (χ4v) is 4.01. The number of carbonyl (C=O) groups excluding carboxylic acids is 2. The lowest BCUT2D eigenvalue weighted by Crippen LogP contribution is -2.44. The summed E-state index contributed by atoms with van der Waals surface area (Å²) in [5, 5.41) is 2.69. The van der Waals surface area contributed by atoms with Crippen LogP contribution in [0, 0.1) is 0 Å².